The van der Waals surface area contributed by atoms with Crippen molar-refractivity contribution in [1.29, 1.82) is 0 Å². The van der Waals surface area contributed by atoms with E-state index >= 15 is 0 Å². The summed E-state index contributed by atoms with van der Waals surface area (Å²) in [5.74, 6) is 0.552. The Balaban J connectivity index is 3.61. The van der Waals surface area contributed by atoms with Crippen molar-refractivity contribution in [2.75, 3.05) is 18.0 Å². The summed E-state index contributed by atoms with van der Waals surface area (Å²) in [6.07, 6.45) is -0.208. The van der Waals surface area contributed by atoms with Gasteiger partial charge in [-0.2, -0.15) is 0 Å². The van der Waals surface area contributed by atoms with Crippen molar-refractivity contribution in [1.82, 2.24) is 0 Å². The molecular formula is C5H13NS2. The molecule has 0 bridgehead atoms. The van der Waals surface area contributed by atoms with Crippen molar-refractivity contribution in [2.45, 2.75) is 13.3 Å². The number of hydrogen-bond donors (Lipinski definition) is 1. The molecule has 2 atom stereocenters. The van der Waals surface area contributed by atoms with Gasteiger partial charge in [-0.1, -0.05) is 28.5 Å². The van der Waals surface area contributed by atoms with E-state index in [1.807, 2.05) is 0 Å². The molecule has 0 saturated heterocycles. The maximum atomic E-state index is 7.26. The Morgan fingerprint density at radius 1 is 1.62 bits per heavy atom. The summed E-state index contributed by atoms with van der Waals surface area (Å²) >= 11 is 0. The molecule has 0 spiro atoms. The molecule has 0 aliphatic carbocycles. The Kier molecular flexibility index (Phi) is 3.58. The first-order valence-corrected chi connectivity index (χ1v) is 4.59. The number of nitrogens with two attached hydrogens (primary N) is 1. The Labute approximate surface area is 64.8 Å². The SMILES string of the molecule is [2H]C(C)CSSC([2H])([2H])C([2H])N. The van der Waals surface area contributed by atoms with Gasteiger partial charge in [0.15, 0.2) is 0 Å². The lowest BCUT2D eigenvalue weighted by Crippen LogP contribution is -1.99. The Bertz CT molecular complexity index is 131. The zero-order chi connectivity index (χ0) is 9.78. The van der Waals surface area contributed by atoms with E-state index in [1.54, 1.807) is 6.92 Å². The maximum Gasteiger partial charge on any atom is 0.0434 e. The van der Waals surface area contributed by atoms with Crippen molar-refractivity contribution >= 4 is 21.6 Å². The summed E-state index contributed by atoms with van der Waals surface area (Å²) in [7, 11) is 2.18. The highest BCUT2D eigenvalue weighted by Crippen LogP contribution is 2.20. The van der Waals surface area contributed by atoms with Crippen molar-refractivity contribution in [2.24, 2.45) is 5.73 Å². The van der Waals surface area contributed by atoms with E-state index in [-0.39, 0.29) is 6.40 Å². The molecule has 0 fully saturated rings. The molecule has 1 nitrogen and oxygen atoms in total. The number of rotatable bonds is 5. The van der Waals surface area contributed by atoms with E-state index in [2.05, 4.69) is 0 Å². The standard InChI is InChI=1S/C5H13NS2/c1-2-4-7-8-5-3-6/h2-6H2,1H3/i2D,3D,5D2. The van der Waals surface area contributed by atoms with E-state index in [1.165, 1.54) is 10.8 Å². The van der Waals surface area contributed by atoms with Gasteiger partial charge in [0.1, 0.15) is 0 Å². The highest BCUT2D eigenvalue weighted by Gasteiger charge is 1.83. The van der Waals surface area contributed by atoms with Crippen molar-refractivity contribution in [3.8, 4) is 0 Å². The van der Waals surface area contributed by atoms with Gasteiger partial charge in [0.25, 0.3) is 0 Å². The van der Waals surface area contributed by atoms with Crippen LogP contribution in [-0.2, 0) is 0 Å². The Hall–Kier alpha value is 0.660. The molecule has 0 aromatic carbocycles. The first-order chi connectivity index (χ1) is 5.36. The van der Waals surface area contributed by atoms with Crippen LogP contribution in [0.4, 0.5) is 0 Å². The molecule has 0 aliphatic rings. The third kappa shape index (κ3) is 6.66. The molecule has 0 saturated carbocycles. The predicted octanol–water partition coefficient (Wildman–Crippen LogP) is 1.74. The quantitative estimate of drug-likeness (QED) is 0.612. The lowest BCUT2D eigenvalue weighted by atomic mass is 10.6. The van der Waals surface area contributed by atoms with E-state index in [9.17, 15) is 0 Å². The van der Waals surface area contributed by atoms with Crippen LogP contribution in [0.5, 0.6) is 0 Å². The molecule has 0 amide bonds. The third-order valence-corrected chi connectivity index (χ3v) is 2.28. The van der Waals surface area contributed by atoms with Gasteiger partial charge in [-0.05, 0) is 6.40 Å². The van der Waals surface area contributed by atoms with Crippen LogP contribution in [0, 0.1) is 0 Å². The molecule has 0 rings (SSSR count). The minimum Gasteiger partial charge on any atom is -0.330 e. The molecule has 2 N–H and O–H groups in total. The molecule has 2 unspecified atom stereocenters. The second kappa shape index (κ2) is 7.66. The van der Waals surface area contributed by atoms with Gasteiger partial charge >= 0.3 is 0 Å². The van der Waals surface area contributed by atoms with E-state index in [0.717, 1.165) is 10.8 Å². The Morgan fingerprint density at radius 2 is 2.38 bits per heavy atom. The van der Waals surface area contributed by atoms with Crippen LogP contribution in [0.15, 0.2) is 0 Å². The highest BCUT2D eigenvalue weighted by molar-refractivity contribution is 8.76. The normalized spacial score (nSPS) is 26.8. The fourth-order valence-electron chi connectivity index (χ4n) is 0.164. The molecule has 0 aliphatic heterocycles. The van der Waals surface area contributed by atoms with Gasteiger partial charge < -0.3 is 5.73 Å². The second-order valence-corrected chi connectivity index (χ2v) is 3.24. The van der Waals surface area contributed by atoms with Crippen molar-refractivity contribution in [3.05, 3.63) is 0 Å². The predicted molar refractivity (Wildman–Crippen MR) is 44.3 cm³/mol. The highest BCUT2D eigenvalue weighted by atomic mass is 33.1. The van der Waals surface area contributed by atoms with Gasteiger partial charge in [-0.3, -0.25) is 0 Å². The van der Waals surface area contributed by atoms with Gasteiger partial charge in [0, 0.05) is 23.5 Å². The van der Waals surface area contributed by atoms with Gasteiger partial charge in [-0.15, -0.1) is 0 Å². The van der Waals surface area contributed by atoms with E-state index < -0.39 is 12.2 Å². The monoisotopic (exact) mass is 155 g/mol. The van der Waals surface area contributed by atoms with Crippen LogP contribution < -0.4 is 5.73 Å². The maximum absolute atomic E-state index is 7.26. The zero-order valence-electron chi connectivity index (χ0n) is 8.76. The average molecular weight is 155 g/mol. The Morgan fingerprint density at radius 3 is 2.88 bits per heavy atom. The van der Waals surface area contributed by atoms with Crippen molar-refractivity contribution < 1.29 is 5.48 Å². The average Bonchev–Trinajstić information content (AvgIpc) is 1.85. The molecule has 0 aromatic rings. The number of hydrogen-bond acceptors (Lipinski definition) is 3. The topological polar surface area (TPSA) is 26.0 Å². The first-order valence-electron chi connectivity index (χ1n) is 4.42. The second-order valence-electron chi connectivity index (χ2n) is 1.06. The summed E-state index contributed by atoms with van der Waals surface area (Å²) < 4.78 is 28.7. The molecule has 0 heterocycles. The minimum absolute atomic E-state index is 0.208. The van der Waals surface area contributed by atoms with Gasteiger partial charge in [0.05, 0.1) is 0 Å². The molecular weight excluding hydrogens is 138 g/mol. The first kappa shape index (κ1) is 3.74. The smallest absolute Gasteiger partial charge is 0.0434 e. The van der Waals surface area contributed by atoms with Crippen LogP contribution >= 0.6 is 21.6 Å². The van der Waals surface area contributed by atoms with Crippen LogP contribution in [0.25, 0.3) is 0 Å². The lowest BCUT2D eigenvalue weighted by Gasteiger charge is -1.93. The summed E-state index contributed by atoms with van der Waals surface area (Å²) in [5.41, 5.74) is 3.38. The lowest BCUT2D eigenvalue weighted by molar-refractivity contribution is 1.11. The van der Waals surface area contributed by atoms with Crippen LogP contribution in [0.1, 0.15) is 18.8 Å². The fourth-order valence-corrected chi connectivity index (χ4v) is 1.47. The molecule has 0 radical (unpaired) electrons. The summed E-state index contributed by atoms with van der Waals surface area (Å²) in [5, 5.41) is 0. The summed E-state index contributed by atoms with van der Waals surface area (Å²) in [6.45, 7) is 0.514. The summed E-state index contributed by atoms with van der Waals surface area (Å²) in [4.78, 5) is 0. The zero-order valence-corrected chi connectivity index (χ0v) is 6.39. The van der Waals surface area contributed by atoms with Crippen LogP contribution in [-0.4, -0.2) is 18.0 Å². The largest absolute Gasteiger partial charge is 0.330 e. The van der Waals surface area contributed by atoms with Gasteiger partial charge in [-0.25, -0.2) is 0 Å². The fraction of sp³-hybridized carbons (Fsp3) is 1.00. The van der Waals surface area contributed by atoms with Gasteiger partial charge in [0.2, 0.25) is 0 Å². The van der Waals surface area contributed by atoms with Crippen LogP contribution in [0.3, 0.4) is 0 Å². The van der Waals surface area contributed by atoms with Crippen LogP contribution in [0.2, 0.25) is 0 Å². The molecule has 8 heavy (non-hydrogen) atoms. The van der Waals surface area contributed by atoms with E-state index in [0.29, 0.717) is 5.75 Å². The molecule has 3 heteroatoms. The summed E-state index contributed by atoms with van der Waals surface area (Å²) in [6, 6.07) is 0. The molecule has 0 aromatic heterocycles. The minimum atomic E-state index is -1.72. The van der Waals surface area contributed by atoms with Crippen molar-refractivity contribution in [3.63, 3.8) is 0 Å². The molecule has 50 valence electrons. The third-order valence-electron chi connectivity index (χ3n) is 0.410. The van der Waals surface area contributed by atoms with E-state index in [4.69, 9.17) is 11.2 Å².